The highest BCUT2D eigenvalue weighted by atomic mass is 35.5. The molecule has 4 nitrogen and oxygen atoms in total. The standard InChI is InChI=1S/C11H15ClN2O2S/c12-10-4-3-9(17-10)8(15)6-14-11(16)7-2-1-5-13-7/h3-4,7-8,13,15H,1-2,5-6H2,(H,14,16). The van der Waals surface area contributed by atoms with Gasteiger partial charge in [0.05, 0.1) is 10.4 Å². The minimum Gasteiger partial charge on any atom is -0.386 e. The van der Waals surface area contributed by atoms with E-state index in [2.05, 4.69) is 10.6 Å². The third kappa shape index (κ3) is 3.42. The Bertz CT molecular complexity index is 391. The number of nitrogens with one attached hydrogen (secondary N) is 2. The van der Waals surface area contributed by atoms with E-state index in [4.69, 9.17) is 11.6 Å². The Balaban J connectivity index is 1.79. The molecule has 0 bridgehead atoms. The van der Waals surface area contributed by atoms with Crippen LogP contribution in [0.5, 0.6) is 0 Å². The number of rotatable bonds is 4. The smallest absolute Gasteiger partial charge is 0.237 e. The quantitative estimate of drug-likeness (QED) is 0.776. The van der Waals surface area contributed by atoms with Gasteiger partial charge in [0.25, 0.3) is 0 Å². The lowest BCUT2D eigenvalue weighted by atomic mass is 10.2. The second kappa shape index (κ2) is 5.82. The van der Waals surface area contributed by atoms with Gasteiger partial charge in [-0.25, -0.2) is 0 Å². The van der Waals surface area contributed by atoms with E-state index >= 15 is 0 Å². The van der Waals surface area contributed by atoms with Gasteiger partial charge in [0.2, 0.25) is 5.91 Å². The van der Waals surface area contributed by atoms with Crippen LogP contribution in [-0.4, -0.2) is 30.1 Å². The zero-order valence-electron chi connectivity index (χ0n) is 9.28. The molecular weight excluding hydrogens is 260 g/mol. The van der Waals surface area contributed by atoms with Crippen molar-refractivity contribution in [2.24, 2.45) is 0 Å². The van der Waals surface area contributed by atoms with Crippen molar-refractivity contribution in [3.05, 3.63) is 21.3 Å². The number of carbonyl (C=O) groups is 1. The van der Waals surface area contributed by atoms with Gasteiger partial charge in [-0.15, -0.1) is 11.3 Å². The molecule has 6 heteroatoms. The Morgan fingerprint density at radius 1 is 1.71 bits per heavy atom. The summed E-state index contributed by atoms with van der Waals surface area (Å²) in [5.74, 6) is -0.0378. The summed E-state index contributed by atoms with van der Waals surface area (Å²) in [6.45, 7) is 1.12. The minimum atomic E-state index is -0.683. The summed E-state index contributed by atoms with van der Waals surface area (Å²) in [4.78, 5) is 12.5. The Morgan fingerprint density at radius 3 is 3.12 bits per heavy atom. The Morgan fingerprint density at radius 2 is 2.53 bits per heavy atom. The van der Waals surface area contributed by atoms with Crippen LogP contribution >= 0.6 is 22.9 Å². The maximum atomic E-state index is 11.7. The molecule has 1 aliphatic rings. The number of hydrogen-bond donors (Lipinski definition) is 3. The molecule has 1 aliphatic heterocycles. The second-order valence-corrected chi connectivity index (χ2v) is 5.80. The number of aliphatic hydroxyl groups excluding tert-OH is 1. The highest BCUT2D eigenvalue weighted by Crippen LogP contribution is 2.26. The Kier molecular flexibility index (Phi) is 4.39. The lowest BCUT2D eigenvalue weighted by Crippen LogP contribution is -2.41. The van der Waals surface area contributed by atoms with Crippen LogP contribution in [0, 0.1) is 0 Å². The largest absolute Gasteiger partial charge is 0.386 e. The first-order valence-corrected chi connectivity index (χ1v) is 6.80. The predicted molar refractivity (Wildman–Crippen MR) is 68.3 cm³/mol. The van der Waals surface area contributed by atoms with Crippen LogP contribution in [0.1, 0.15) is 23.8 Å². The topological polar surface area (TPSA) is 61.4 Å². The van der Waals surface area contributed by atoms with Crippen molar-refractivity contribution in [2.75, 3.05) is 13.1 Å². The monoisotopic (exact) mass is 274 g/mol. The van der Waals surface area contributed by atoms with E-state index in [9.17, 15) is 9.90 Å². The molecule has 2 heterocycles. The van der Waals surface area contributed by atoms with Crippen LogP contribution in [0.2, 0.25) is 4.34 Å². The van der Waals surface area contributed by atoms with Crippen molar-refractivity contribution in [3.8, 4) is 0 Å². The third-order valence-corrected chi connectivity index (χ3v) is 4.10. The first kappa shape index (κ1) is 12.8. The van der Waals surface area contributed by atoms with Gasteiger partial charge in [-0.1, -0.05) is 11.6 Å². The molecule has 3 N–H and O–H groups in total. The van der Waals surface area contributed by atoms with Crippen LogP contribution in [0.3, 0.4) is 0 Å². The van der Waals surface area contributed by atoms with E-state index in [1.165, 1.54) is 11.3 Å². The van der Waals surface area contributed by atoms with Crippen molar-refractivity contribution in [1.29, 1.82) is 0 Å². The number of thiophene rings is 1. The van der Waals surface area contributed by atoms with Crippen molar-refractivity contribution in [3.63, 3.8) is 0 Å². The van der Waals surface area contributed by atoms with Gasteiger partial charge in [-0.2, -0.15) is 0 Å². The van der Waals surface area contributed by atoms with Crippen molar-refractivity contribution in [2.45, 2.75) is 25.0 Å². The van der Waals surface area contributed by atoms with E-state index in [1.54, 1.807) is 12.1 Å². The molecule has 0 radical (unpaired) electrons. The van der Waals surface area contributed by atoms with Crippen LogP contribution in [0.25, 0.3) is 0 Å². The molecule has 0 aliphatic carbocycles. The fourth-order valence-electron chi connectivity index (χ4n) is 1.84. The molecule has 1 fully saturated rings. The summed E-state index contributed by atoms with van der Waals surface area (Å²) in [6.07, 6.45) is 1.21. The molecule has 0 saturated carbocycles. The van der Waals surface area contributed by atoms with E-state index in [0.717, 1.165) is 24.3 Å². The highest BCUT2D eigenvalue weighted by molar-refractivity contribution is 7.16. The summed E-state index contributed by atoms with van der Waals surface area (Å²) in [7, 11) is 0. The molecule has 2 unspecified atom stereocenters. The number of aliphatic hydroxyl groups is 1. The van der Waals surface area contributed by atoms with Gasteiger partial charge >= 0.3 is 0 Å². The summed E-state index contributed by atoms with van der Waals surface area (Å²) < 4.78 is 0.642. The molecule has 1 saturated heterocycles. The summed E-state index contributed by atoms with van der Waals surface area (Å²) in [6, 6.07) is 3.41. The molecule has 1 amide bonds. The van der Waals surface area contributed by atoms with Crippen molar-refractivity contribution >= 4 is 28.8 Å². The number of hydrogen-bond acceptors (Lipinski definition) is 4. The van der Waals surface area contributed by atoms with Gasteiger partial charge < -0.3 is 15.7 Å². The molecule has 2 atom stereocenters. The molecule has 0 aromatic carbocycles. The average Bonchev–Trinajstić information content (AvgIpc) is 2.95. The van der Waals surface area contributed by atoms with Crippen LogP contribution < -0.4 is 10.6 Å². The fourth-order valence-corrected chi connectivity index (χ4v) is 2.88. The summed E-state index contributed by atoms with van der Waals surface area (Å²) in [5, 5.41) is 15.7. The first-order valence-electron chi connectivity index (χ1n) is 5.61. The second-order valence-electron chi connectivity index (χ2n) is 4.05. The van der Waals surface area contributed by atoms with Gasteiger partial charge in [-0.05, 0) is 31.5 Å². The first-order chi connectivity index (χ1) is 8.16. The van der Waals surface area contributed by atoms with Crippen molar-refractivity contribution in [1.82, 2.24) is 10.6 Å². The summed E-state index contributed by atoms with van der Waals surface area (Å²) >= 11 is 7.11. The lowest BCUT2D eigenvalue weighted by molar-refractivity contribution is -0.123. The van der Waals surface area contributed by atoms with Gasteiger partial charge in [0.1, 0.15) is 6.10 Å². The molecule has 1 aromatic rings. The fraction of sp³-hybridized carbons (Fsp3) is 0.545. The summed E-state index contributed by atoms with van der Waals surface area (Å²) in [5.41, 5.74) is 0. The number of amides is 1. The zero-order valence-corrected chi connectivity index (χ0v) is 10.9. The van der Waals surface area contributed by atoms with Crippen LogP contribution in [-0.2, 0) is 4.79 Å². The molecule has 1 aromatic heterocycles. The molecular formula is C11H15ClN2O2S. The molecule has 94 valence electrons. The van der Waals surface area contributed by atoms with Gasteiger partial charge in [-0.3, -0.25) is 4.79 Å². The van der Waals surface area contributed by atoms with E-state index in [0.29, 0.717) is 4.34 Å². The van der Waals surface area contributed by atoms with Crippen LogP contribution in [0.15, 0.2) is 12.1 Å². The van der Waals surface area contributed by atoms with E-state index in [1.807, 2.05) is 0 Å². The van der Waals surface area contributed by atoms with E-state index in [-0.39, 0.29) is 18.5 Å². The van der Waals surface area contributed by atoms with Gasteiger partial charge in [0.15, 0.2) is 0 Å². The number of halogens is 1. The normalized spacial score (nSPS) is 21.4. The maximum Gasteiger partial charge on any atom is 0.237 e. The third-order valence-electron chi connectivity index (χ3n) is 2.77. The predicted octanol–water partition coefficient (Wildman–Crippen LogP) is 1.30. The molecule has 2 rings (SSSR count). The minimum absolute atomic E-state index is 0.0378. The SMILES string of the molecule is O=C(NCC(O)c1ccc(Cl)s1)C1CCCN1. The average molecular weight is 275 g/mol. The molecule has 0 spiro atoms. The van der Waals surface area contributed by atoms with Crippen molar-refractivity contribution < 1.29 is 9.90 Å². The van der Waals surface area contributed by atoms with Crippen LogP contribution in [0.4, 0.5) is 0 Å². The maximum absolute atomic E-state index is 11.7. The lowest BCUT2D eigenvalue weighted by Gasteiger charge is -2.13. The highest BCUT2D eigenvalue weighted by Gasteiger charge is 2.22. The Hall–Kier alpha value is -0.620. The van der Waals surface area contributed by atoms with Gasteiger partial charge in [0, 0.05) is 11.4 Å². The number of carbonyl (C=O) groups excluding carboxylic acids is 1. The zero-order chi connectivity index (χ0) is 12.3. The Labute approximate surface area is 109 Å². The van der Waals surface area contributed by atoms with E-state index < -0.39 is 6.10 Å². The molecule has 17 heavy (non-hydrogen) atoms.